The van der Waals surface area contributed by atoms with Gasteiger partial charge in [-0.1, -0.05) is 6.42 Å². The highest BCUT2D eigenvalue weighted by atomic mass is 32.2. The third kappa shape index (κ3) is 3.60. The van der Waals surface area contributed by atoms with E-state index < -0.39 is 10.0 Å². The van der Waals surface area contributed by atoms with Gasteiger partial charge in [0.2, 0.25) is 15.9 Å². The fourth-order valence-corrected chi connectivity index (χ4v) is 6.65. The Balaban J connectivity index is 1.48. The van der Waals surface area contributed by atoms with Crippen LogP contribution in [0.2, 0.25) is 0 Å². The summed E-state index contributed by atoms with van der Waals surface area (Å²) in [5, 5.41) is 0. The lowest BCUT2D eigenvalue weighted by atomic mass is 10.0. The zero-order chi connectivity index (χ0) is 19.9. The van der Waals surface area contributed by atoms with Crippen molar-refractivity contribution >= 4 is 21.6 Å². The summed E-state index contributed by atoms with van der Waals surface area (Å²) in [6.45, 7) is 7.07. The Kier molecular flexibility index (Phi) is 5.51. The van der Waals surface area contributed by atoms with Crippen LogP contribution in [-0.2, 0) is 21.2 Å². The van der Waals surface area contributed by atoms with Gasteiger partial charge in [0.1, 0.15) is 0 Å². The van der Waals surface area contributed by atoms with Crippen LogP contribution in [-0.4, -0.2) is 61.8 Å². The molecule has 1 atom stereocenters. The van der Waals surface area contributed by atoms with Crippen molar-refractivity contribution in [1.29, 1.82) is 0 Å². The van der Waals surface area contributed by atoms with E-state index in [0.717, 1.165) is 37.2 Å². The maximum Gasteiger partial charge on any atom is 0.243 e. The van der Waals surface area contributed by atoms with Crippen molar-refractivity contribution in [3.63, 3.8) is 0 Å². The summed E-state index contributed by atoms with van der Waals surface area (Å²) >= 11 is 0. The van der Waals surface area contributed by atoms with Crippen molar-refractivity contribution in [3.8, 4) is 0 Å². The van der Waals surface area contributed by atoms with E-state index in [9.17, 15) is 13.2 Å². The van der Waals surface area contributed by atoms with E-state index in [1.54, 1.807) is 34.3 Å². The third-order valence-electron chi connectivity index (χ3n) is 6.57. The largest absolute Gasteiger partial charge is 0.309 e. The van der Waals surface area contributed by atoms with Gasteiger partial charge in [-0.05, 0) is 75.9 Å². The Morgan fingerprint density at radius 1 is 1.04 bits per heavy atom. The normalized spacial score (nSPS) is 25.1. The topological polar surface area (TPSA) is 60.9 Å². The maximum absolute atomic E-state index is 13.2. The van der Waals surface area contributed by atoms with Crippen LogP contribution in [0.3, 0.4) is 0 Å². The molecule has 3 aliphatic rings. The van der Waals surface area contributed by atoms with Crippen LogP contribution in [0.5, 0.6) is 0 Å². The van der Waals surface area contributed by atoms with Crippen LogP contribution < -0.4 is 4.90 Å². The van der Waals surface area contributed by atoms with Gasteiger partial charge >= 0.3 is 0 Å². The SMILES string of the molecule is CC(=O)N1c2ccc(S(=O)(=O)N3CCC(N4CCCCC4)CC3)cc2CC1C. The highest BCUT2D eigenvalue weighted by Crippen LogP contribution is 2.35. The number of hydrogen-bond donors (Lipinski definition) is 0. The molecular weight excluding hydrogens is 374 g/mol. The van der Waals surface area contributed by atoms with E-state index in [4.69, 9.17) is 0 Å². The van der Waals surface area contributed by atoms with Crippen molar-refractivity contribution in [2.45, 2.75) is 69.4 Å². The maximum atomic E-state index is 13.2. The van der Waals surface area contributed by atoms with Gasteiger partial charge in [-0.2, -0.15) is 4.31 Å². The van der Waals surface area contributed by atoms with Gasteiger partial charge in [0.05, 0.1) is 4.90 Å². The second-order valence-corrected chi connectivity index (χ2v) is 10.4. The average Bonchev–Trinajstić information content (AvgIpc) is 3.04. The minimum absolute atomic E-state index is 0.00152. The predicted octanol–water partition coefficient (Wildman–Crippen LogP) is 2.62. The molecule has 1 aromatic carbocycles. The molecule has 28 heavy (non-hydrogen) atoms. The number of likely N-dealkylation sites (tertiary alicyclic amines) is 1. The van der Waals surface area contributed by atoms with Gasteiger partial charge in [0, 0.05) is 37.8 Å². The Bertz CT molecular complexity index is 840. The molecule has 7 heteroatoms. The zero-order valence-electron chi connectivity index (χ0n) is 16.9. The molecule has 154 valence electrons. The summed E-state index contributed by atoms with van der Waals surface area (Å²) in [6, 6.07) is 5.84. The van der Waals surface area contributed by atoms with Crippen molar-refractivity contribution in [1.82, 2.24) is 9.21 Å². The first-order chi connectivity index (χ1) is 13.4. The number of rotatable bonds is 3. The minimum atomic E-state index is -3.48. The lowest BCUT2D eigenvalue weighted by Gasteiger charge is -2.39. The van der Waals surface area contributed by atoms with Crippen LogP contribution in [0.25, 0.3) is 0 Å². The van der Waals surface area contributed by atoms with Crippen molar-refractivity contribution < 1.29 is 13.2 Å². The smallest absolute Gasteiger partial charge is 0.243 e. The molecule has 2 saturated heterocycles. The number of piperidine rings is 2. The predicted molar refractivity (Wildman–Crippen MR) is 110 cm³/mol. The first-order valence-electron chi connectivity index (χ1n) is 10.5. The lowest BCUT2D eigenvalue weighted by molar-refractivity contribution is -0.116. The van der Waals surface area contributed by atoms with E-state index in [1.165, 1.54) is 19.3 Å². The second kappa shape index (κ2) is 7.76. The van der Waals surface area contributed by atoms with Crippen LogP contribution >= 0.6 is 0 Å². The zero-order valence-corrected chi connectivity index (χ0v) is 17.7. The van der Waals surface area contributed by atoms with Crippen LogP contribution in [0.1, 0.15) is 51.5 Å². The molecular formula is C21H31N3O3S. The van der Waals surface area contributed by atoms with E-state index in [1.807, 2.05) is 6.92 Å². The Labute approximate surface area is 168 Å². The monoisotopic (exact) mass is 405 g/mol. The molecule has 0 radical (unpaired) electrons. The average molecular weight is 406 g/mol. The van der Waals surface area contributed by atoms with E-state index in [-0.39, 0.29) is 11.9 Å². The molecule has 0 saturated carbocycles. The summed E-state index contributed by atoms with van der Waals surface area (Å²) in [4.78, 5) is 16.6. The standard InChI is InChI=1S/C21H31N3O3S/c1-16-14-18-15-20(6-7-21(18)24(16)17(2)25)28(26,27)23-12-8-19(9-13-23)22-10-4-3-5-11-22/h6-7,15-16,19H,3-5,8-14H2,1-2H3. The summed E-state index contributed by atoms with van der Waals surface area (Å²) in [6.07, 6.45) is 6.39. The lowest BCUT2D eigenvalue weighted by Crippen LogP contribution is -2.48. The molecule has 3 aliphatic heterocycles. The first-order valence-corrected chi connectivity index (χ1v) is 12.0. The molecule has 1 amide bonds. The van der Waals surface area contributed by atoms with Crippen LogP contribution in [0.4, 0.5) is 5.69 Å². The third-order valence-corrected chi connectivity index (χ3v) is 8.47. The molecule has 0 N–H and O–H groups in total. The quantitative estimate of drug-likeness (QED) is 0.776. The molecule has 0 spiro atoms. The number of carbonyl (C=O) groups excluding carboxylic acids is 1. The molecule has 0 bridgehead atoms. The highest BCUT2D eigenvalue weighted by molar-refractivity contribution is 7.89. The number of nitrogens with zero attached hydrogens (tertiary/aromatic N) is 3. The molecule has 2 fully saturated rings. The molecule has 4 rings (SSSR count). The molecule has 3 heterocycles. The Morgan fingerprint density at radius 3 is 2.36 bits per heavy atom. The van der Waals surface area contributed by atoms with Crippen molar-refractivity contribution in [2.24, 2.45) is 0 Å². The van der Waals surface area contributed by atoms with E-state index in [0.29, 0.717) is 30.4 Å². The Hall–Kier alpha value is -1.44. The fraction of sp³-hybridized carbons (Fsp3) is 0.667. The van der Waals surface area contributed by atoms with Gasteiger partial charge < -0.3 is 9.80 Å². The highest BCUT2D eigenvalue weighted by Gasteiger charge is 2.34. The summed E-state index contributed by atoms with van der Waals surface area (Å²) in [7, 11) is -3.48. The molecule has 6 nitrogen and oxygen atoms in total. The van der Waals surface area contributed by atoms with Gasteiger partial charge in [0.15, 0.2) is 0 Å². The number of hydrogen-bond acceptors (Lipinski definition) is 4. The summed E-state index contributed by atoms with van der Waals surface area (Å²) in [5.74, 6) is 0.00152. The van der Waals surface area contributed by atoms with Crippen LogP contribution in [0.15, 0.2) is 23.1 Å². The first kappa shape index (κ1) is 19.9. The number of benzene rings is 1. The molecule has 0 aliphatic carbocycles. The molecule has 1 unspecified atom stereocenters. The number of sulfonamides is 1. The van der Waals surface area contributed by atoms with Crippen molar-refractivity contribution in [2.75, 3.05) is 31.1 Å². The number of fused-ring (bicyclic) bond motifs is 1. The van der Waals surface area contributed by atoms with Crippen molar-refractivity contribution in [3.05, 3.63) is 23.8 Å². The second-order valence-electron chi connectivity index (χ2n) is 8.46. The minimum Gasteiger partial charge on any atom is -0.309 e. The molecule has 1 aromatic rings. The van der Waals surface area contributed by atoms with Gasteiger partial charge in [0.25, 0.3) is 0 Å². The molecule has 0 aromatic heterocycles. The van der Waals surface area contributed by atoms with Gasteiger partial charge in [-0.3, -0.25) is 4.79 Å². The van der Waals surface area contributed by atoms with E-state index >= 15 is 0 Å². The van der Waals surface area contributed by atoms with E-state index in [2.05, 4.69) is 4.90 Å². The summed E-state index contributed by atoms with van der Waals surface area (Å²) in [5.41, 5.74) is 1.80. The number of carbonyl (C=O) groups is 1. The van der Waals surface area contributed by atoms with Crippen LogP contribution in [0, 0.1) is 0 Å². The van der Waals surface area contributed by atoms with Gasteiger partial charge in [-0.15, -0.1) is 0 Å². The fourth-order valence-electron chi connectivity index (χ4n) is 5.13. The summed E-state index contributed by atoms with van der Waals surface area (Å²) < 4.78 is 28.0. The van der Waals surface area contributed by atoms with Gasteiger partial charge in [-0.25, -0.2) is 8.42 Å². The number of amides is 1. The number of anilines is 1. The Morgan fingerprint density at radius 2 is 1.71 bits per heavy atom.